The first-order valence-corrected chi connectivity index (χ1v) is 7.98. The van der Waals surface area contributed by atoms with Gasteiger partial charge in [-0.15, -0.1) is 0 Å². The molecule has 4 nitrogen and oxygen atoms in total. The van der Waals surface area contributed by atoms with Gasteiger partial charge in [-0.05, 0) is 59.2 Å². The third kappa shape index (κ3) is 6.56. The van der Waals surface area contributed by atoms with Gasteiger partial charge in [0.05, 0.1) is 6.10 Å². The second kappa shape index (κ2) is 9.99. The number of hydrogen-bond donors (Lipinski definition) is 1. The van der Waals surface area contributed by atoms with Crippen molar-refractivity contribution in [2.75, 3.05) is 0 Å². The number of hydrogen-bond acceptors (Lipinski definition) is 4. The van der Waals surface area contributed by atoms with Crippen molar-refractivity contribution in [2.45, 2.75) is 25.6 Å². The molecule has 0 fully saturated rings. The summed E-state index contributed by atoms with van der Waals surface area (Å²) in [5.41, 5.74) is 1.78. The summed E-state index contributed by atoms with van der Waals surface area (Å²) in [6.07, 6.45) is -0.821. The molecule has 1 N–H and O–H groups in total. The fourth-order valence-corrected chi connectivity index (χ4v) is 2.53. The Morgan fingerprint density at radius 1 is 1.17 bits per heavy atom. The molecule has 0 spiro atoms. The number of aliphatic carboxylic acids is 1. The van der Waals surface area contributed by atoms with E-state index in [0.717, 1.165) is 9.13 Å². The van der Waals surface area contributed by atoms with E-state index in [9.17, 15) is 15.0 Å². The van der Waals surface area contributed by atoms with E-state index in [1.165, 1.54) is 0 Å². The summed E-state index contributed by atoms with van der Waals surface area (Å²) >= 11 is 2.27. The fraction of sp³-hybridized carbons (Fsp3) is 0.235. The van der Waals surface area contributed by atoms with E-state index < -0.39 is 12.1 Å². The van der Waals surface area contributed by atoms with Crippen molar-refractivity contribution in [2.24, 2.45) is 0 Å². The summed E-state index contributed by atoms with van der Waals surface area (Å²) in [6, 6.07) is 15.0. The molecule has 1 atom stereocenters. The van der Waals surface area contributed by atoms with E-state index in [-0.39, 0.29) is 31.7 Å². The van der Waals surface area contributed by atoms with Gasteiger partial charge in [-0.25, -0.2) is 0 Å². The molecule has 2 rings (SSSR count). The zero-order chi connectivity index (χ0) is 15.9. The van der Waals surface area contributed by atoms with Crippen molar-refractivity contribution >= 4 is 28.6 Å². The maximum atomic E-state index is 10.4. The predicted molar refractivity (Wildman–Crippen MR) is 89.1 cm³/mol. The normalized spacial score (nSPS) is 11.4. The average molecular weight is 418 g/mol. The van der Waals surface area contributed by atoms with Crippen LogP contribution in [0.4, 0.5) is 0 Å². The number of benzene rings is 2. The van der Waals surface area contributed by atoms with Crippen LogP contribution in [0.5, 0.6) is 5.75 Å². The molecule has 0 aliphatic heterocycles. The van der Waals surface area contributed by atoms with Gasteiger partial charge in [-0.1, -0.05) is 30.3 Å². The molecular weight excluding hydrogens is 402 g/mol. The Morgan fingerprint density at radius 3 is 2.43 bits per heavy atom. The molecule has 23 heavy (non-hydrogen) atoms. The van der Waals surface area contributed by atoms with Crippen LogP contribution in [0.15, 0.2) is 48.5 Å². The van der Waals surface area contributed by atoms with Crippen molar-refractivity contribution in [3.05, 3.63) is 63.2 Å². The van der Waals surface area contributed by atoms with E-state index in [0.29, 0.717) is 17.9 Å². The number of carboxylic acid groups (broad SMARTS) is 1. The van der Waals surface area contributed by atoms with Crippen molar-refractivity contribution < 1.29 is 38.6 Å². The van der Waals surface area contributed by atoms with Crippen molar-refractivity contribution in [3.63, 3.8) is 0 Å². The molecule has 0 aromatic heterocycles. The molecule has 0 amide bonds. The van der Waals surface area contributed by atoms with Gasteiger partial charge in [0.1, 0.15) is 12.4 Å². The largest absolute Gasteiger partial charge is 1.00 e. The van der Waals surface area contributed by atoms with Crippen LogP contribution in [-0.2, 0) is 11.4 Å². The van der Waals surface area contributed by atoms with E-state index in [1.54, 1.807) is 24.3 Å². The second-order valence-corrected chi connectivity index (χ2v) is 6.04. The summed E-state index contributed by atoms with van der Waals surface area (Å²) in [4.78, 5) is 10.4. The van der Waals surface area contributed by atoms with Crippen LogP contribution in [0.2, 0.25) is 0 Å². The standard InChI is InChI=1S/C17H17IO4.Li/c18-15-4-2-1-3-13(15)11-22-14-7-5-12(6-8-14)16(19)9-10-17(20)21;/h1-8,16,19H,9-11H2,(H,20,21);/q;+1/p-1/t16-;/m1./s1. The molecule has 0 aliphatic rings. The molecule has 116 valence electrons. The van der Waals surface area contributed by atoms with Crippen LogP contribution in [0, 0.1) is 3.57 Å². The van der Waals surface area contributed by atoms with Gasteiger partial charge in [0.25, 0.3) is 0 Å². The Balaban J connectivity index is 0.00000264. The van der Waals surface area contributed by atoms with Crippen LogP contribution < -0.4 is 28.7 Å². The van der Waals surface area contributed by atoms with Crippen LogP contribution in [0.3, 0.4) is 0 Å². The number of rotatable bonds is 7. The zero-order valence-corrected chi connectivity index (χ0v) is 15.0. The topological polar surface area (TPSA) is 69.6 Å². The molecule has 0 saturated heterocycles. The van der Waals surface area contributed by atoms with Crippen molar-refractivity contribution in [1.82, 2.24) is 0 Å². The minimum absolute atomic E-state index is 0. The van der Waals surface area contributed by atoms with E-state index in [2.05, 4.69) is 22.6 Å². The van der Waals surface area contributed by atoms with Gasteiger partial charge in [0.2, 0.25) is 0 Å². The minimum Gasteiger partial charge on any atom is -0.550 e. The summed E-state index contributed by atoms with van der Waals surface area (Å²) in [5, 5.41) is 20.3. The Bertz CT molecular complexity index is 631. The zero-order valence-electron chi connectivity index (χ0n) is 12.9. The van der Waals surface area contributed by atoms with Crippen LogP contribution in [-0.4, -0.2) is 11.1 Å². The van der Waals surface area contributed by atoms with Gasteiger partial charge in [-0.2, -0.15) is 0 Å². The first-order chi connectivity index (χ1) is 10.6. The predicted octanol–water partition coefficient (Wildman–Crippen LogP) is -0.562. The van der Waals surface area contributed by atoms with Crippen LogP contribution >= 0.6 is 22.6 Å². The number of carbonyl (C=O) groups is 1. The van der Waals surface area contributed by atoms with Crippen LogP contribution in [0.25, 0.3) is 0 Å². The first kappa shape index (κ1) is 20.0. The number of aliphatic hydroxyl groups is 1. The Morgan fingerprint density at radius 2 is 1.83 bits per heavy atom. The average Bonchev–Trinajstić information content (AvgIpc) is 2.52. The molecule has 0 aliphatic carbocycles. The van der Waals surface area contributed by atoms with Crippen molar-refractivity contribution in [1.29, 1.82) is 0 Å². The fourth-order valence-electron chi connectivity index (χ4n) is 1.98. The van der Waals surface area contributed by atoms with Crippen molar-refractivity contribution in [3.8, 4) is 5.75 Å². The minimum atomic E-state index is -1.16. The van der Waals surface area contributed by atoms with Crippen LogP contribution in [0.1, 0.15) is 30.1 Å². The Labute approximate surface area is 161 Å². The Kier molecular flexibility index (Phi) is 8.70. The number of aliphatic hydroxyl groups excluding tert-OH is 1. The second-order valence-electron chi connectivity index (χ2n) is 4.88. The smallest absolute Gasteiger partial charge is 0.550 e. The summed E-state index contributed by atoms with van der Waals surface area (Å²) in [5.74, 6) is -0.452. The van der Waals surface area contributed by atoms with Gasteiger partial charge < -0.3 is 19.7 Å². The van der Waals surface area contributed by atoms with E-state index in [4.69, 9.17) is 4.74 Å². The molecule has 2 aromatic rings. The SMILES string of the molecule is O=C([O-])CC[C@@H](O)c1ccc(OCc2ccccc2I)cc1.[Li+]. The summed E-state index contributed by atoms with van der Waals surface area (Å²) < 4.78 is 6.86. The molecule has 6 heteroatoms. The number of halogens is 1. The van der Waals surface area contributed by atoms with E-state index in [1.807, 2.05) is 24.3 Å². The number of ether oxygens (including phenoxy) is 1. The van der Waals surface area contributed by atoms with E-state index >= 15 is 0 Å². The molecule has 0 saturated carbocycles. The molecule has 0 bridgehead atoms. The molecule has 0 radical (unpaired) electrons. The summed E-state index contributed by atoms with van der Waals surface area (Å²) in [6.45, 7) is 0.478. The maximum absolute atomic E-state index is 10.4. The maximum Gasteiger partial charge on any atom is 1.00 e. The van der Waals surface area contributed by atoms with Gasteiger partial charge in [0.15, 0.2) is 0 Å². The number of carboxylic acids is 1. The Hall–Kier alpha value is -1.00. The third-order valence-electron chi connectivity index (χ3n) is 3.24. The molecule has 0 heterocycles. The quantitative estimate of drug-likeness (QED) is 0.484. The number of carbonyl (C=O) groups excluding carboxylic acids is 1. The third-order valence-corrected chi connectivity index (χ3v) is 4.29. The van der Waals surface area contributed by atoms with Gasteiger partial charge in [-0.3, -0.25) is 0 Å². The first-order valence-electron chi connectivity index (χ1n) is 6.90. The van der Waals surface area contributed by atoms with Gasteiger partial charge >= 0.3 is 18.9 Å². The summed E-state index contributed by atoms with van der Waals surface area (Å²) in [7, 11) is 0. The monoisotopic (exact) mass is 418 g/mol. The van der Waals surface area contributed by atoms with Gasteiger partial charge in [0, 0.05) is 15.1 Å². The molecule has 2 aromatic carbocycles. The molecular formula is C17H16ILiO4. The molecule has 0 unspecified atom stereocenters.